The van der Waals surface area contributed by atoms with E-state index in [0.29, 0.717) is 12.6 Å². The summed E-state index contributed by atoms with van der Waals surface area (Å²) in [5.41, 5.74) is 0. The highest BCUT2D eigenvalue weighted by atomic mass is 32.2. The Kier molecular flexibility index (Phi) is 3.54. The molecule has 1 aliphatic heterocycles. The summed E-state index contributed by atoms with van der Waals surface area (Å²) in [7, 11) is 0. The fourth-order valence-corrected chi connectivity index (χ4v) is 3.87. The van der Waals surface area contributed by atoms with Gasteiger partial charge < -0.3 is 9.88 Å². The zero-order chi connectivity index (χ0) is 12.4. The van der Waals surface area contributed by atoms with Crippen LogP contribution in [-0.4, -0.2) is 31.7 Å². The Morgan fingerprint density at radius 3 is 3.39 bits per heavy atom. The molecule has 1 saturated heterocycles. The Morgan fingerprint density at radius 2 is 2.50 bits per heavy atom. The number of hydrogen-bond donors (Lipinski definition) is 1. The number of thioether (sulfide) groups is 1. The van der Waals surface area contributed by atoms with Crippen molar-refractivity contribution in [2.24, 2.45) is 10.9 Å². The highest BCUT2D eigenvalue weighted by molar-refractivity contribution is 8.13. The highest BCUT2D eigenvalue weighted by Gasteiger charge is 2.31. The SMILES string of the molecule is CCn1cnnc1CN=C1NC2CCCC2CS1. The van der Waals surface area contributed by atoms with Gasteiger partial charge in [0.05, 0.1) is 0 Å². The quantitative estimate of drug-likeness (QED) is 0.903. The predicted molar refractivity (Wildman–Crippen MR) is 73.6 cm³/mol. The van der Waals surface area contributed by atoms with Crippen LogP contribution >= 0.6 is 11.8 Å². The van der Waals surface area contributed by atoms with E-state index in [-0.39, 0.29) is 0 Å². The van der Waals surface area contributed by atoms with Crippen molar-refractivity contribution in [2.45, 2.75) is 45.3 Å². The molecule has 0 bridgehead atoms. The lowest BCUT2D eigenvalue weighted by atomic mass is 10.1. The molecule has 1 N–H and O–H groups in total. The van der Waals surface area contributed by atoms with E-state index in [0.717, 1.165) is 23.5 Å². The molecule has 1 aliphatic carbocycles. The van der Waals surface area contributed by atoms with Gasteiger partial charge in [0.25, 0.3) is 0 Å². The number of aliphatic imine (C=N–C) groups is 1. The molecule has 3 rings (SSSR count). The second-order valence-corrected chi connectivity index (χ2v) is 5.92. The first-order valence-electron chi connectivity index (χ1n) is 6.67. The van der Waals surface area contributed by atoms with Crippen LogP contribution in [0.3, 0.4) is 0 Å². The number of aromatic nitrogens is 3. The van der Waals surface area contributed by atoms with Crippen molar-refractivity contribution in [1.29, 1.82) is 0 Å². The molecule has 2 aliphatic rings. The third kappa shape index (κ3) is 2.39. The predicted octanol–water partition coefficient (Wildman–Crippen LogP) is 1.66. The maximum Gasteiger partial charge on any atom is 0.157 e. The molecule has 98 valence electrons. The van der Waals surface area contributed by atoms with Gasteiger partial charge in [0, 0.05) is 18.3 Å². The fraction of sp³-hybridized carbons (Fsp3) is 0.750. The summed E-state index contributed by atoms with van der Waals surface area (Å²) in [5, 5.41) is 12.7. The monoisotopic (exact) mass is 265 g/mol. The van der Waals surface area contributed by atoms with Gasteiger partial charge >= 0.3 is 0 Å². The topological polar surface area (TPSA) is 55.1 Å². The van der Waals surface area contributed by atoms with E-state index in [1.54, 1.807) is 6.33 Å². The number of hydrogen-bond acceptors (Lipinski definition) is 4. The summed E-state index contributed by atoms with van der Waals surface area (Å²) in [6.45, 7) is 3.62. The third-order valence-corrected chi connectivity index (χ3v) is 4.92. The average molecular weight is 265 g/mol. The van der Waals surface area contributed by atoms with Crippen LogP contribution in [0.5, 0.6) is 0 Å². The van der Waals surface area contributed by atoms with Crippen LogP contribution in [0.25, 0.3) is 0 Å². The van der Waals surface area contributed by atoms with Crippen molar-refractivity contribution in [1.82, 2.24) is 20.1 Å². The number of rotatable bonds is 3. The molecule has 18 heavy (non-hydrogen) atoms. The van der Waals surface area contributed by atoms with Gasteiger partial charge in [-0.1, -0.05) is 18.2 Å². The first-order valence-corrected chi connectivity index (χ1v) is 7.66. The first kappa shape index (κ1) is 12.0. The summed E-state index contributed by atoms with van der Waals surface area (Å²) in [4.78, 5) is 4.64. The van der Waals surface area contributed by atoms with Gasteiger partial charge in [0.15, 0.2) is 11.0 Å². The lowest BCUT2D eigenvalue weighted by Crippen LogP contribution is -2.41. The zero-order valence-electron chi connectivity index (χ0n) is 10.7. The lowest BCUT2D eigenvalue weighted by molar-refractivity contribution is 0.489. The number of fused-ring (bicyclic) bond motifs is 1. The molecular formula is C12H19N5S. The Labute approximate surface area is 111 Å². The van der Waals surface area contributed by atoms with Gasteiger partial charge in [-0.2, -0.15) is 0 Å². The van der Waals surface area contributed by atoms with Gasteiger partial charge in [-0.15, -0.1) is 10.2 Å². The Morgan fingerprint density at radius 1 is 1.56 bits per heavy atom. The Hall–Kier alpha value is -1.04. The normalized spacial score (nSPS) is 29.3. The van der Waals surface area contributed by atoms with Crippen molar-refractivity contribution >= 4 is 16.9 Å². The Bertz CT molecular complexity index is 441. The molecule has 2 unspecified atom stereocenters. The van der Waals surface area contributed by atoms with Crippen molar-refractivity contribution in [3.8, 4) is 0 Å². The molecule has 0 radical (unpaired) electrons. The number of amidine groups is 1. The fourth-order valence-electron chi connectivity index (χ4n) is 2.71. The average Bonchev–Trinajstić information content (AvgIpc) is 3.04. The van der Waals surface area contributed by atoms with Crippen molar-refractivity contribution < 1.29 is 0 Å². The molecule has 0 amide bonds. The third-order valence-electron chi connectivity index (χ3n) is 3.80. The molecule has 0 spiro atoms. The minimum Gasteiger partial charge on any atom is -0.362 e. The molecule has 0 aromatic carbocycles. The van der Waals surface area contributed by atoms with E-state index in [9.17, 15) is 0 Å². The van der Waals surface area contributed by atoms with Crippen LogP contribution in [0.1, 0.15) is 32.0 Å². The van der Waals surface area contributed by atoms with Gasteiger partial charge in [0.2, 0.25) is 0 Å². The minimum absolute atomic E-state index is 0.626. The van der Waals surface area contributed by atoms with Crippen molar-refractivity contribution in [3.05, 3.63) is 12.2 Å². The van der Waals surface area contributed by atoms with Crippen molar-refractivity contribution in [2.75, 3.05) is 5.75 Å². The molecule has 1 aromatic rings. The highest BCUT2D eigenvalue weighted by Crippen LogP contribution is 2.32. The van der Waals surface area contributed by atoms with E-state index in [4.69, 9.17) is 0 Å². The lowest BCUT2D eigenvalue weighted by Gasteiger charge is -2.27. The largest absolute Gasteiger partial charge is 0.362 e. The van der Waals surface area contributed by atoms with E-state index in [1.807, 2.05) is 16.3 Å². The van der Waals surface area contributed by atoms with Crippen molar-refractivity contribution in [3.63, 3.8) is 0 Å². The second-order valence-electron chi connectivity index (χ2n) is 4.91. The molecule has 6 heteroatoms. The molecule has 2 heterocycles. The number of aryl methyl sites for hydroxylation is 1. The summed E-state index contributed by atoms with van der Waals surface area (Å²) in [6, 6.07) is 0.661. The van der Waals surface area contributed by atoms with Crippen LogP contribution in [0.15, 0.2) is 11.3 Å². The van der Waals surface area contributed by atoms with Crippen LogP contribution in [0.4, 0.5) is 0 Å². The molecule has 1 aromatic heterocycles. The van der Waals surface area contributed by atoms with E-state index < -0.39 is 0 Å². The summed E-state index contributed by atoms with van der Waals surface area (Å²) >= 11 is 1.86. The second kappa shape index (κ2) is 5.30. The van der Waals surface area contributed by atoms with Crippen LogP contribution in [-0.2, 0) is 13.1 Å². The van der Waals surface area contributed by atoms with Crippen LogP contribution < -0.4 is 5.32 Å². The summed E-state index contributed by atoms with van der Waals surface area (Å²) in [6.07, 6.45) is 5.81. The summed E-state index contributed by atoms with van der Waals surface area (Å²) < 4.78 is 2.04. The smallest absolute Gasteiger partial charge is 0.157 e. The molecule has 5 nitrogen and oxygen atoms in total. The number of nitrogens with zero attached hydrogens (tertiary/aromatic N) is 4. The standard InChI is InChI=1S/C12H19N5S/c1-2-17-8-14-16-11(17)6-13-12-15-10-5-3-4-9(10)7-18-12/h8-10H,2-7H2,1H3,(H,13,15). The molecular weight excluding hydrogens is 246 g/mol. The first-order chi connectivity index (χ1) is 8.86. The molecule has 2 atom stereocenters. The minimum atomic E-state index is 0.626. The van der Waals surface area contributed by atoms with E-state index in [2.05, 4.69) is 27.4 Å². The number of nitrogens with one attached hydrogen (secondary N) is 1. The van der Waals surface area contributed by atoms with Gasteiger partial charge in [-0.05, 0) is 25.7 Å². The van der Waals surface area contributed by atoms with Crippen LogP contribution in [0.2, 0.25) is 0 Å². The zero-order valence-corrected chi connectivity index (χ0v) is 11.5. The molecule has 1 saturated carbocycles. The summed E-state index contributed by atoms with van der Waals surface area (Å²) in [5.74, 6) is 3.02. The van der Waals surface area contributed by atoms with Gasteiger partial charge in [0.1, 0.15) is 12.9 Å². The van der Waals surface area contributed by atoms with Crippen LogP contribution in [0, 0.1) is 5.92 Å². The maximum atomic E-state index is 4.64. The van der Waals surface area contributed by atoms with E-state index >= 15 is 0 Å². The van der Waals surface area contributed by atoms with Gasteiger partial charge in [-0.25, -0.2) is 0 Å². The molecule has 2 fully saturated rings. The maximum absolute atomic E-state index is 4.64. The Balaban J connectivity index is 1.63. The van der Waals surface area contributed by atoms with E-state index in [1.165, 1.54) is 25.0 Å². The van der Waals surface area contributed by atoms with Gasteiger partial charge in [-0.3, -0.25) is 4.99 Å².